The molecule has 0 spiro atoms. The van der Waals surface area contributed by atoms with Crippen LogP contribution in [0.2, 0.25) is 0 Å². The normalized spacial score (nSPS) is 7.20. The minimum atomic E-state index is -0.747. The van der Waals surface area contributed by atoms with Crippen LogP contribution in [0.5, 0.6) is 0 Å². The van der Waals surface area contributed by atoms with Gasteiger partial charge in [0.1, 0.15) is 0 Å². The molecule has 0 aliphatic carbocycles. The molecule has 0 aromatic carbocycles. The molecular formula is I3PbSn. The Bertz CT molecular complexity index is 11.6. The van der Waals surface area contributed by atoms with E-state index in [4.69, 9.17) is 0 Å². The molecule has 0 saturated carbocycles. The van der Waals surface area contributed by atoms with Crippen LogP contribution in [0.4, 0.5) is 0 Å². The minimum absolute atomic E-state index is 0. The van der Waals surface area contributed by atoms with Crippen LogP contribution in [0.1, 0.15) is 0 Å². The first kappa shape index (κ1) is 11.7. The molecule has 0 fully saturated rings. The molecule has 5 heavy (non-hydrogen) atoms. The molecule has 0 heterocycles. The Morgan fingerprint density at radius 3 is 1.00 bits per heavy atom. The molecule has 0 aliphatic rings. The molecule has 0 rings (SSSR count). The Hall–Kier alpha value is 3.91. The predicted octanol–water partition coefficient (Wildman–Crippen LogP) is 1.90. The van der Waals surface area contributed by atoms with Crippen LogP contribution in [0.3, 0.4) is 0 Å². The van der Waals surface area contributed by atoms with Gasteiger partial charge in [-0.05, 0) is 0 Å². The van der Waals surface area contributed by atoms with Crippen molar-refractivity contribution in [3.63, 3.8) is 0 Å². The largest absolute Gasteiger partial charge is 0 e. The van der Waals surface area contributed by atoms with E-state index in [0.29, 0.717) is 0 Å². The summed E-state index contributed by atoms with van der Waals surface area (Å²) in [4.78, 5) is 0. The molecule has 29 valence electrons. The van der Waals surface area contributed by atoms with Crippen LogP contribution in [-0.4, -0.2) is 33.7 Å². The first-order valence-electron chi connectivity index (χ1n) is 0.567. The number of hydrogen-bond acceptors (Lipinski definition) is 0. The first-order chi connectivity index (χ1) is 1.73. The summed E-state index contributed by atoms with van der Waals surface area (Å²) in [7, 11) is -0.747. The van der Waals surface area contributed by atoms with Gasteiger partial charge in [-0.15, -0.1) is 0 Å². The molecule has 0 aromatic heterocycles. The van der Waals surface area contributed by atoms with Gasteiger partial charge in [-0.2, -0.15) is 0 Å². The summed E-state index contributed by atoms with van der Waals surface area (Å²) in [6, 6.07) is 0. The Labute approximate surface area is 84.0 Å². The van der Waals surface area contributed by atoms with Gasteiger partial charge in [-0.25, -0.2) is 0 Å². The third kappa shape index (κ3) is 18.1. The third-order valence-corrected chi connectivity index (χ3v) is 0. The fraction of sp³-hybridized carbons (Fsp3) is 0. The van der Waals surface area contributed by atoms with Gasteiger partial charge in [0, 0.05) is 23.9 Å². The zero-order valence-electron chi connectivity index (χ0n) is 2.13. The van der Waals surface area contributed by atoms with Crippen LogP contribution in [0.25, 0.3) is 0 Å². The molecule has 0 bridgehead atoms. The molecule has 0 atom stereocenters. The summed E-state index contributed by atoms with van der Waals surface area (Å²) in [6.07, 6.45) is 0. The quantitative estimate of drug-likeness (QED) is 0.267. The molecule has 0 nitrogen and oxygen atoms in total. The summed E-state index contributed by atoms with van der Waals surface area (Å²) in [5, 5.41) is 0. The monoisotopic (exact) mass is 709 g/mol. The smallest absolute Gasteiger partial charge is 0 e. The Morgan fingerprint density at radius 1 is 1.00 bits per heavy atom. The molecule has 5 radical (unpaired) electrons. The van der Waals surface area contributed by atoms with Crippen LogP contribution >= 0.6 is 53.3 Å². The van der Waals surface area contributed by atoms with Crippen molar-refractivity contribution in [3.05, 3.63) is 0 Å². The zero-order valence-corrected chi connectivity index (χ0v) is 15.3. The van der Waals surface area contributed by atoms with Gasteiger partial charge >= 0.3 is 63.1 Å². The zero-order chi connectivity index (χ0) is 3.58. The van der Waals surface area contributed by atoms with Crippen LogP contribution in [-0.2, 0) is 0 Å². The van der Waals surface area contributed by atoms with Crippen molar-refractivity contribution >= 4 is 87.0 Å². The van der Waals surface area contributed by atoms with Crippen molar-refractivity contribution in [3.8, 4) is 0 Å². The average Bonchev–Trinajstić information content (AvgIpc) is 0.811. The SMILES string of the molecule is [I][Pb]([I])[I].[Sn]. The number of halogens is 3. The van der Waals surface area contributed by atoms with Crippen molar-refractivity contribution < 1.29 is 0 Å². The summed E-state index contributed by atoms with van der Waals surface area (Å²) in [6.45, 7) is 0. The summed E-state index contributed by atoms with van der Waals surface area (Å²) in [5.41, 5.74) is 0. The van der Waals surface area contributed by atoms with Crippen LogP contribution in [0, 0.1) is 0 Å². The molecule has 0 amide bonds. The average molecular weight is 707 g/mol. The maximum absolute atomic E-state index is 2.53. The molecule has 5 heteroatoms. The van der Waals surface area contributed by atoms with Crippen LogP contribution < -0.4 is 0 Å². The fourth-order valence-corrected chi connectivity index (χ4v) is 0. The predicted molar refractivity (Wildman–Crippen MR) is 53.6 cm³/mol. The van der Waals surface area contributed by atoms with E-state index in [-0.39, 0.29) is 23.9 Å². The van der Waals surface area contributed by atoms with Gasteiger partial charge in [0.15, 0.2) is 0 Å². The molecular weight excluding hydrogens is 707 g/mol. The van der Waals surface area contributed by atoms with E-state index >= 15 is 0 Å². The second-order valence-electron chi connectivity index (χ2n) is 0.214. The summed E-state index contributed by atoms with van der Waals surface area (Å²) >= 11 is 7.59. The van der Waals surface area contributed by atoms with E-state index in [1.807, 2.05) is 0 Å². The molecule has 0 N–H and O–H groups in total. The fourth-order valence-electron chi connectivity index (χ4n) is 0. The standard InChI is InChI=1S/3HI.Pb.Sn/h3*1H;;/q;;;+3;/p-3. The van der Waals surface area contributed by atoms with Crippen molar-refractivity contribution in [1.82, 2.24) is 0 Å². The maximum atomic E-state index is 2.53. The second-order valence-corrected chi connectivity index (χ2v) is 84.6. The van der Waals surface area contributed by atoms with Crippen LogP contribution in [0.15, 0.2) is 0 Å². The van der Waals surface area contributed by atoms with Gasteiger partial charge in [-0.3, -0.25) is 0 Å². The minimum Gasteiger partial charge on any atom is 0 e. The van der Waals surface area contributed by atoms with E-state index in [1.165, 1.54) is 0 Å². The van der Waals surface area contributed by atoms with Crippen molar-refractivity contribution in [2.45, 2.75) is 0 Å². The Balaban J connectivity index is 0. The maximum Gasteiger partial charge on any atom is 0 e. The van der Waals surface area contributed by atoms with E-state index in [9.17, 15) is 0 Å². The van der Waals surface area contributed by atoms with Crippen molar-refractivity contribution in [2.75, 3.05) is 0 Å². The molecule has 0 aliphatic heterocycles. The second kappa shape index (κ2) is 7.91. The van der Waals surface area contributed by atoms with Gasteiger partial charge < -0.3 is 0 Å². The summed E-state index contributed by atoms with van der Waals surface area (Å²) in [5.74, 6) is 0. The van der Waals surface area contributed by atoms with Gasteiger partial charge in [0.05, 0.1) is 0 Å². The van der Waals surface area contributed by atoms with Gasteiger partial charge in [0.25, 0.3) is 0 Å². The van der Waals surface area contributed by atoms with Crippen molar-refractivity contribution in [2.24, 2.45) is 0 Å². The summed E-state index contributed by atoms with van der Waals surface area (Å²) < 4.78 is 0. The van der Waals surface area contributed by atoms with Gasteiger partial charge in [-0.1, -0.05) is 0 Å². The molecule has 0 saturated heterocycles. The van der Waals surface area contributed by atoms with Crippen molar-refractivity contribution in [1.29, 1.82) is 0 Å². The molecule has 0 aromatic rings. The topological polar surface area (TPSA) is 0 Å². The van der Waals surface area contributed by atoms with E-state index < -0.39 is 9.82 Å². The van der Waals surface area contributed by atoms with E-state index in [0.717, 1.165) is 0 Å². The third-order valence-electron chi connectivity index (χ3n) is 0. The number of hydrogen-bond donors (Lipinski definition) is 0. The number of rotatable bonds is 0. The molecule has 0 unspecified atom stereocenters. The van der Waals surface area contributed by atoms with E-state index in [1.54, 1.807) is 0 Å². The first-order valence-corrected chi connectivity index (χ1v) is 33.4. The Kier molecular flexibility index (Phi) is 18.5. The van der Waals surface area contributed by atoms with E-state index in [2.05, 4.69) is 53.3 Å². The Morgan fingerprint density at radius 2 is 1.00 bits per heavy atom. The van der Waals surface area contributed by atoms with Gasteiger partial charge in [0.2, 0.25) is 0 Å².